The number of anilines is 1. The van der Waals surface area contributed by atoms with E-state index in [0.29, 0.717) is 6.42 Å². The van der Waals surface area contributed by atoms with Gasteiger partial charge in [0, 0.05) is 24.6 Å². The van der Waals surface area contributed by atoms with E-state index in [4.69, 9.17) is 9.47 Å². The Labute approximate surface area is 106 Å². The first kappa shape index (κ1) is 11.5. The minimum atomic E-state index is 0.0770. The molecule has 1 saturated heterocycles. The van der Waals surface area contributed by atoms with Crippen molar-refractivity contribution in [1.82, 2.24) is 0 Å². The number of benzene rings is 1. The van der Waals surface area contributed by atoms with Crippen molar-refractivity contribution in [2.45, 2.75) is 31.3 Å². The molecule has 1 N–H and O–H groups in total. The molecule has 0 radical (unpaired) electrons. The summed E-state index contributed by atoms with van der Waals surface area (Å²) in [6.07, 6.45) is 2.79. The largest absolute Gasteiger partial charge is 0.497 e. The fourth-order valence-electron chi connectivity index (χ4n) is 2.85. The molecule has 0 aliphatic carbocycles. The van der Waals surface area contributed by atoms with Gasteiger partial charge in [-0.05, 0) is 36.6 Å². The summed E-state index contributed by atoms with van der Waals surface area (Å²) >= 11 is 0. The van der Waals surface area contributed by atoms with E-state index in [-0.39, 0.29) is 17.9 Å². The topological polar surface area (TPSA) is 47.6 Å². The third-order valence-corrected chi connectivity index (χ3v) is 3.75. The maximum atomic E-state index is 11.7. The second-order valence-corrected chi connectivity index (χ2v) is 4.86. The Bertz CT molecular complexity index is 466. The number of hydrogen-bond donors (Lipinski definition) is 1. The highest BCUT2D eigenvalue weighted by Crippen LogP contribution is 2.40. The van der Waals surface area contributed by atoms with E-state index in [9.17, 15) is 4.79 Å². The van der Waals surface area contributed by atoms with E-state index in [2.05, 4.69) is 5.32 Å². The lowest BCUT2D eigenvalue weighted by Gasteiger charge is -2.29. The SMILES string of the molecule is COc1ccc2c(c1)C(C1CCCO1)CC(=O)N2. The number of fused-ring (bicyclic) bond motifs is 1. The van der Waals surface area contributed by atoms with Crippen LogP contribution < -0.4 is 10.1 Å². The Morgan fingerprint density at radius 3 is 3.06 bits per heavy atom. The van der Waals surface area contributed by atoms with E-state index in [1.165, 1.54) is 0 Å². The molecule has 4 nitrogen and oxygen atoms in total. The van der Waals surface area contributed by atoms with Crippen LogP contribution in [0.5, 0.6) is 5.75 Å². The normalized spacial score (nSPS) is 26.6. The smallest absolute Gasteiger partial charge is 0.225 e. The van der Waals surface area contributed by atoms with Gasteiger partial charge in [0.05, 0.1) is 13.2 Å². The molecule has 18 heavy (non-hydrogen) atoms. The second-order valence-electron chi connectivity index (χ2n) is 4.86. The first-order valence-electron chi connectivity index (χ1n) is 6.37. The molecule has 2 unspecified atom stereocenters. The molecule has 0 aromatic heterocycles. The summed E-state index contributed by atoms with van der Waals surface area (Å²) in [7, 11) is 1.66. The zero-order valence-corrected chi connectivity index (χ0v) is 10.4. The van der Waals surface area contributed by atoms with Crippen LogP contribution in [0.4, 0.5) is 5.69 Å². The molecular formula is C14H17NO3. The van der Waals surface area contributed by atoms with Crippen molar-refractivity contribution < 1.29 is 14.3 Å². The van der Waals surface area contributed by atoms with Gasteiger partial charge in [-0.2, -0.15) is 0 Å². The summed E-state index contributed by atoms with van der Waals surface area (Å²) in [5.74, 6) is 1.06. The van der Waals surface area contributed by atoms with E-state index in [1.54, 1.807) is 7.11 Å². The van der Waals surface area contributed by atoms with E-state index >= 15 is 0 Å². The van der Waals surface area contributed by atoms with Crippen LogP contribution in [0.25, 0.3) is 0 Å². The van der Waals surface area contributed by atoms with Crippen LogP contribution in [0, 0.1) is 0 Å². The molecule has 1 aromatic carbocycles. The first-order chi connectivity index (χ1) is 8.78. The standard InChI is InChI=1S/C14H17NO3/c1-17-9-4-5-12-10(7-9)11(8-14(16)15-12)13-3-2-6-18-13/h4-5,7,11,13H,2-3,6,8H2,1H3,(H,15,16). The zero-order valence-electron chi connectivity index (χ0n) is 10.4. The van der Waals surface area contributed by atoms with Crippen molar-refractivity contribution >= 4 is 11.6 Å². The third-order valence-electron chi connectivity index (χ3n) is 3.75. The van der Waals surface area contributed by atoms with Gasteiger partial charge in [-0.15, -0.1) is 0 Å². The zero-order chi connectivity index (χ0) is 12.5. The van der Waals surface area contributed by atoms with E-state index in [0.717, 1.165) is 36.4 Å². The minimum Gasteiger partial charge on any atom is -0.497 e. The average molecular weight is 247 g/mol. The van der Waals surface area contributed by atoms with Crippen molar-refractivity contribution in [3.05, 3.63) is 23.8 Å². The number of rotatable bonds is 2. The van der Waals surface area contributed by atoms with Crippen molar-refractivity contribution in [1.29, 1.82) is 0 Å². The van der Waals surface area contributed by atoms with Gasteiger partial charge in [0.15, 0.2) is 0 Å². The molecule has 1 amide bonds. The molecule has 0 bridgehead atoms. The highest BCUT2D eigenvalue weighted by Gasteiger charge is 2.34. The molecule has 1 fully saturated rings. The fraction of sp³-hybridized carbons (Fsp3) is 0.500. The summed E-state index contributed by atoms with van der Waals surface area (Å²) in [6.45, 7) is 0.808. The number of carbonyl (C=O) groups is 1. The fourth-order valence-corrected chi connectivity index (χ4v) is 2.85. The molecule has 2 aliphatic heterocycles. The van der Waals surface area contributed by atoms with Crippen LogP contribution in [0.2, 0.25) is 0 Å². The summed E-state index contributed by atoms with van der Waals surface area (Å²) in [6, 6.07) is 5.80. The summed E-state index contributed by atoms with van der Waals surface area (Å²) in [4.78, 5) is 11.7. The molecule has 1 aromatic rings. The Hall–Kier alpha value is -1.55. The molecule has 3 rings (SSSR count). The van der Waals surface area contributed by atoms with Crippen LogP contribution in [0.1, 0.15) is 30.7 Å². The van der Waals surface area contributed by atoms with E-state index in [1.807, 2.05) is 18.2 Å². The van der Waals surface area contributed by atoms with Crippen molar-refractivity contribution in [2.24, 2.45) is 0 Å². The Balaban J connectivity index is 1.98. The predicted molar refractivity (Wildman–Crippen MR) is 68.0 cm³/mol. The van der Waals surface area contributed by atoms with Gasteiger partial charge in [0.1, 0.15) is 5.75 Å². The molecule has 2 aliphatic rings. The number of ether oxygens (including phenoxy) is 2. The average Bonchev–Trinajstić information content (AvgIpc) is 2.91. The van der Waals surface area contributed by atoms with Crippen LogP contribution in [-0.2, 0) is 9.53 Å². The van der Waals surface area contributed by atoms with Gasteiger partial charge >= 0.3 is 0 Å². The number of carbonyl (C=O) groups excluding carboxylic acids is 1. The van der Waals surface area contributed by atoms with Gasteiger partial charge < -0.3 is 14.8 Å². The van der Waals surface area contributed by atoms with Gasteiger partial charge in [0.25, 0.3) is 0 Å². The number of amides is 1. The lowest BCUT2D eigenvalue weighted by atomic mass is 9.85. The Morgan fingerprint density at radius 2 is 2.33 bits per heavy atom. The third kappa shape index (κ3) is 1.97. The molecule has 96 valence electrons. The highest BCUT2D eigenvalue weighted by molar-refractivity contribution is 5.95. The van der Waals surface area contributed by atoms with Crippen molar-refractivity contribution in [3.8, 4) is 5.75 Å². The maximum absolute atomic E-state index is 11.7. The lowest BCUT2D eigenvalue weighted by Crippen LogP contribution is -2.29. The van der Waals surface area contributed by atoms with Crippen LogP contribution in [-0.4, -0.2) is 25.7 Å². The van der Waals surface area contributed by atoms with Crippen LogP contribution >= 0.6 is 0 Å². The Kier molecular flexibility index (Phi) is 2.96. The van der Waals surface area contributed by atoms with Crippen molar-refractivity contribution in [3.63, 3.8) is 0 Å². The molecule has 2 atom stereocenters. The molecule has 0 saturated carbocycles. The number of hydrogen-bond acceptors (Lipinski definition) is 3. The van der Waals surface area contributed by atoms with Gasteiger partial charge in [0.2, 0.25) is 5.91 Å². The van der Waals surface area contributed by atoms with Gasteiger partial charge in [-0.25, -0.2) is 0 Å². The van der Waals surface area contributed by atoms with Crippen LogP contribution in [0.15, 0.2) is 18.2 Å². The Morgan fingerprint density at radius 1 is 1.44 bits per heavy atom. The quantitative estimate of drug-likeness (QED) is 0.872. The first-order valence-corrected chi connectivity index (χ1v) is 6.37. The second kappa shape index (κ2) is 4.61. The highest BCUT2D eigenvalue weighted by atomic mass is 16.5. The summed E-state index contributed by atoms with van der Waals surface area (Å²) in [5, 5.41) is 2.91. The minimum absolute atomic E-state index is 0.0770. The number of methoxy groups -OCH3 is 1. The van der Waals surface area contributed by atoms with E-state index < -0.39 is 0 Å². The van der Waals surface area contributed by atoms with Gasteiger partial charge in [-0.3, -0.25) is 4.79 Å². The molecular weight excluding hydrogens is 230 g/mol. The molecule has 4 heteroatoms. The molecule has 2 heterocycles. The monoisotopic (exact) mass is 247 g/mol. The maximum Gasteiger partial charge on any atom is 0.225 e. The number of nitrogens with one attached hydrogen (secondary N) is 1. The van der Waals surface area contributed by atoms with Crippen LogP contribution in [0.3, 0.4) is 0 Å². The van der Waals surface area contributed by atoms with Crippen molar-refractivity contribution in [2.75, 3.05) is 19.0 Å². The summed E-state index contributed by atoms with van der Waals surface area (Å²) < 4.78 is 11.0. The van der Waals surface area contributed by atoms with Gasteiger partial charge in [-0.1, -0.05) is 0 Å². The summed E-state index contributed by atoms with van der Waals surface area (Å²) in [5.41, 5.74) is 2.04. The predicted octanol–water partition coefficient (Wildman–Crippen LogP) is 2.30. The lowest BCUT2D eigenvalue weighted by molar-refractivity contribution is -0.117. The molecule has 0 spiro atoms.